The van der Waals surface area contributed by atoms with Crippen molar-refractivity contribution in [3.05, 3.63) is 71.9 Å². The molecule has 0 spiro atoms. The van der Waals surface area contributed by atoms with Crippen molar-refractivity contribution >= 4 is 27.2 Å². The molecule has 0 fully saturated rings. The molecule has 0 saturated heterocycles. The first-order valence-corrected chi connectivity index (χ1v) is 10.1. The van der Waals surface area contributed by atoms with Gasteiger partial charge in [0.05, 0.1) is 11.4 Å². The number of hydrogen-bond acceptors (Lipinski definition) is 6. The highest BCUT2D eigenvalue weighted by Crippen LogP contribution is 2.30. The van der Waals surface area contributed by atoms with Gasteiger partial charge in [0, 0.05) is 12.3 Å². The molecule has 0 unspecified atom stereocenters. The molecular weight excluding hydrogens is 372 g/mol. The van der Waals surface area contributed by atoms with Crippen molar-refractivity contribution in [1.82, 2.24) is 14.9 Å². The van der Waals surface area contributed by atoms with Crippen molar-refractivity contribution in [3.63, 3.8) is 0 Å². The van der Waals surface area contributed by atoms with E-state index in [1.807, 2.05) is 47.8 Å². The van der Waals surface area contributed by atoms with Gasteiger partial charge in [0.15, 0.2) is 5.82 Å². The minimum absolute atomic E-state index is 0.0962. The summed E-state index contributed by atoms with van der Waals surface area (Å²) < 4.78 is 34.4. The minimum atomic E-state index is -3.86. The van der Waals surface area contributed by atoms with E-state index in [1.54, 1.807) is 4.68 Å². The fourth-order valence-corrected chi connectivity index (χ4v) is 4.44. The van der Waals surface area contributed by atoms with Crippen molar-refractivity contribution in [2.75, 3.05) is 4.72 Å². The summed E-state index contributed by atoms with van der Waals surface area (Å²) in [6.07, 6.45) is 2.83. The molecule has 1 aromatic carbocycles. The maximum atomic E-state index is 12.8. The number of nitrogens with one attached hydrogen (secondary N) is 1. The van der Waals surface area contributed by atoms with Gasteiger partial charge in [0.25, 0.3) is 10.0 Å². The van der Waals surface area contributed by atoms with E-state index in [2.05, 4.69) is 19.5 Å². The van der Waals surface area contributed by atoms with Crippen LogP contribution in [0.5, 0.6) is 0 Å². The van der Waals surface area contributed by atoms with Crippen LogP contribution in [0.4, 0.5) is 5.82 Å². The highest BCUT2D eigenvalue weighted by Gasteiger charge is 2.25. The molecule has 7 nitrogen and oxygen atoms in total. The SMILES string of the molecule is O=S(=O)(Nc1ccon1)c1cn(Cc2ccccc2)nc1-c1cccs1. The van der Waals surface area contributed by atoms with Crippen LogP contribution in [0.15, 0.2) is 75.8 Å². The zero-order valence-corrected chi connectivity index (χ0v) is 15.1. The first kappa shape index (κ1) is 16.6. The van der Waals surface area contributed by atoms with E-state index in [9.17, 15) is 8.42 Å². The Morgan fingerprint density at radius 1 is 1.12 bits per heavy atom. The maximum Gasteiger partial charge on any atom is 0.266 e. The summed E-state index contributed by atoms with van der Waals surface area (Å²) in [7, 11) is -3.86. The molecule has 4 rings (SSSR count). The van der Waals surface area contributed by atoms with Crippen molar-refractivity contribution in [2.24, 2.45) is 0 Å². The van der Waals surface area contributed by atoms with Gasteiger partial charge in [0.1, 0.15) is 16.9 Å². The van der Waals surface area contributed by atoms with Crippen molar-refractivity contribution in [3.8, 4) is 10.6 Å². The summed E-state index contributed by atoms with van der Waals surface area (Å²) in [6, 6.07) is 14.9. The van der Waals surface area contributed by atoms with Gasteiger partial charge < -0.3 is 4.52 Å². The predicted molar refractivity (Wildman–Crippen MR) is 98.4 cm³/mol. The standard InChI is InChI=1S/C17H14N4O3S2/c22-26(23,20-16-8-9-24-19-16)15-12-21(11-13-5-2-1-3-6-13)18-17(15)14-7-4-10-25-14/h1-10,12H,11H2,(H,19,20). The fourth-order valence-electron chi connectivity index (χ4n) is 2.49. The molecule has 9 heteroatoms. The third-order valence-electron chi connectivity index (χ3n) is 3.64. The number of benzene rings is 1. The summed E-state index contributed by atoms with van der Waals surface area (Å²) in [6.45, 7) is 0.471. The lowest BCUT2D eigenvalue weighted by molar-refractivity contribution is 0.423. The molecule has 0 bridgehead atoms. The number of nitrogens with zero attached hydrogens (tertiary/aromatic N) is 3. The molecule has 0 aliphatic carbocycles. The molecule has 3 heterocycles. The van der Waals surface area contributed by atoms with E-state index in [0.29, 0.717) is 12.2 Å². The largest absolute Gasteiger partial charge is 0.363 e. The van der Waals surface area contributed by atoms with Crippen molar-refractivity contribution in [2.45, 2.75) is 11.4 Å². The zero-order chi connectivity index (χ0) is 18.0. The number of anilines is 1. The van der Waals surface area contributed by atoms with Gasteiger partial charge in [-0.2, -0.15) is 5.10 Å². The van der Waals surface area contributed by atoms with Crippen molar-refractivity contribution < 1.29 is 12.9 Å². The third-order valence-corrected chi connectivity index (χ3v) is 5.87. The second kappa shape index (κ2) is 6.77. The number of sulfonamides is 1. The lowest BCUT2D eigenvalue weighted by atomic mass is 10.2. The third kappa shape index (κ3) is 3.39. The fraction of sp³-hybridized carbons (Fsp3) is 0.0588. The number of hydrogen-bond donors (Lipinski definition) is 1. The average molecular weight is 386 g/mol. The topological polar surface area (TPSA) is 90.0 Å². The monoisotopic (exact) mass is 386 g/mol. The van der Waals surface area contributed by atoms with Gasteiger partial charge in [-0.15, -0.1) is 11.3 Å². The molecule has 1 N–H and O–H groups in total. The summed E-state index contributed by atoms with van der Waals surface area (Å²) in [5.74, 6) is 0.123. The molecule has 3 aromatic heterocycles. The highest BCUT2D eigenvalue weighted by atomic mass is 32.2. The van der Waals surface area contributed by atoms with Crippen LogP contribution in [0.1, 0.15) is 5.56 Å². The molecule has 0 amide bonds. The van der Waals surface area contributed by atoms with Crippen LogP contribution in [-0.2, 0) is 16.6 Å². The van der Waals surface area contributed by atoms with E-state index in [-0.39, 0.29) is 10.7 Å². The van der Waals surface area contributed by atoms with Gasteiger partial charge in [-0.25, -0.2) is 8.42 Å². The average Bonchev–Trinajstić information content (AvgIpc) is 3.36. The Hall–Kier alpha value is -2.91. The van der Waals surface area contributed by atoms with Crippen molar-refractivity contribution in [1.29, 1.82) is 0 Å². The number of thiophene rings is 1. The Labute approximate surface area is 153 Å². The lowest BCUT2D eigenvalue weighted by Crippen LogP contribution is -2.13. The lowest BCUT2D eigenvalue weighted by Gasteiger charge is -2.03. The van der Waals surface area contributed by atoms with E-state index in [4.69, 9.17) is 0 Å². The summed E-state index contributed by atoms with van der Waals surface area (Å²) >= 11 is 1.43. The van der Waals surface area contributed by atoms with E-state index in [1.165, 1.54) is 29.9 Å². The van der Waals surface area contributed by atoms with E-state index >= 15 is 0 Å². The van der Waals surface area contributed by atoms with E-state index < -0.39 is 10.0 Å². The molecule has 0 radical (unpaired) electrons. The van der Waals surface area contributed by atoms with Gasteiger partial charge in [-0.05, 0) is 17.0 Å². The molecule has 0 aliphatic rings. The Balaban J connectivity index is 1.74. The Bertz CT molecular complexity index is 1090. The second-order valence-electron chi connectivity index (χ2n) is 5.49. The molecule has 4 aromatic rings. The summed E-state index contributed by atoms with van der Waals surface area (Å²) in [5, 5.41) is 9.99. The normalized spacial score (nSPS) is 11.5. The highest BCUT2D eigenvalue weighted by molar-refractivity contribution is 7.92. The first-order valence-electron chi connectivity index (χ1n) is 7.70. The number of aromatic nitrogens is 3. The van der Waals surface area contributed by atoms with Crippen LogP contribution in [0.2, 0.25) is 0 Å². The van der Waals surface area contributed by atoms with Crippen LogP contribution in [0.25, 0.3) is 10.6 Å². The number of rotatable bonds is 6. The van der Waals surface area contributed by atoms with Gasteiger partial charge in [-0.1, -0.05) is 41.6 Å². The van der Waals surface area contributed by atoms with Gasteiger partial charge in [-0.3, -0.25) is 9.40 Å². The summed E-state index contributed by atoms with van der Waals surface area (Å²) in [5.41, 5.74) is 1.44. The Kier molecular flexibility index (Phi) is 4.31. The van der Waals surface area contributed by atoms with Crippen LogP contribution in [0.3, 0.4) is 0 Å². The molecule has 0 saturated carbocycles. The molecule has 132 valence electrons. The molecule has 0 aliphatic heterocycles. The molecule has 26 heavy (non-hydrogen) atoms. The Morgan fingerprint density at radius 3 is 2.65 bits per heavy atom. The smallest absolute Gasteiger partial charge is 0.266 e. The maximum absolute atomic E-state index is 12.8. The predicted octanol–water partition coefficient (Wildman–Crippen LogP) is 3.45. The first-order chi connectivity index (χ1) is 12.6. The molecular formula is C17H14N4O3S2. The zero-order valence-electron chi connectivity index (χ0n) is 13.4. The van der Waals surface area contributed by atoms with Crippen LogP contribution < -0.4 is 4.72 Å². The van der Waals surface area contributed by atoms with Crippen LogP contribution >= 0.6 is 11.3 Å². The molecule has 0 atom stereocenters. The van der Waals surface area contributed by atoms with E-state index in [0.717, 1.165) is 10.4 Å². The van der Waals surface area contributed by atoms with Crippen LogP contribution in [0, 0.1) is 0 Å². The summed E-state index contributed by atoms with van der Waals surface area (Å²) in [4.78, 5) is 0.872. The van der Waals surface area contributed by atoms with Gasteiger partial charge in [0.2, 0.25) is 0 Å². The Morgan fingerprint density at radius 2 is 1.96 bits per heavy atom. The quantitative estimate of drug-likeness (QED) is 0.548. The van der Waals surface area contributed by atoms with Gasteiger partial charge >= 0.3 is 0 Å². The second-order valence-corrected chi connectivity index (χ2v) is 8.09. The minimum Gasteiger partial charge on any atom is -0.363 e. The van der Waals surface area contributed by atoms with Crippen LogP contribution in [-0.4, -0.2) is 23.4 Å².